The maximum atomic E-state index is 13.1. The van der Waals surface area contributed by atoms with Gasteiger partial charge in [-0.15, -0.1) is 0 Å². The minimum atomic E-state index is -0.512. The second kappa shape index (κ2) is 9.32. The molecule has 0 radical (unpaired) electrons. The topological polar surface area (TPSA) is 77.1 Å². The lowest BCUT2D eigenvalue weighted by molar-refractivity contribution is -0.119. The summed E-state index contributed by atoms with van der Waals surface area (Å²) in [7, 11) is 3.12. The van der Waals surface area contributed by atoms with Crippen LogP contribution in [-0.4, -0.2) is 50.1 Å². The Hall–Kier alpha value is -3.22. The van der Waals surface area contributed by atoms with E-state index < -0.39 is 6.04 Å². The molecule has 7 heteroatoms. The molecule has 0 saturated carbocycles. The van der Waals surface area contributed by atoms with Crippen LogP contribution in [0.1, 0.15) is 30.1 Å². The summed E-state index contributed by atoms with van der Waals surface area (Å²) < 4.78 is 16.0. The van der Waals surface area contributed by atoms with E-state index in [0.717, 1.165) is 6.42 Å². The monoisotopic (exact) mass is 398 g/mol. The van der Waals surface area contributed by atoms with Crippen molar-refractivity contribution in [2.45, 2.75) is 25.8 Å². The average molecular weight is 398 g/mol. The van der Waals surface area contributed by atoms with Crippen LogP contribution in [-0.2, 0) is 4.79 Å². The molecule has 7 nitrogen and oxygen atoms in total. The Bertz CT molecular complexity index is 866. The first-order chi connectivity index (χ1) is 14.1. The van der Waals surface area contributed by atoms with Crippen LogP contribution in [0.4, 0.5) is 5.69 Å². The van der Waals surface area contributed by atoms with Crippen LogP contribution in [0.15, 0.2) is 42.5 Å². The van der Waals surface area contributed by atoms with Crippen molar-refractivity contribution in [3.63, 3.8) is 0 Å². The van der Waals surface area contributed by atoms with Crippen molar-refractivity contribution in [1.29, 1.82) is 0 Å². The molecule has 1 aliphatic rings. The Morgan fingerprint density at radius 1 is 1.07 bits per heavy atom. The molecule has 0 bridgehead atoms. The highest BCUT2D eigenvalue weighted by Gasteiger charge is 2.34. The number of rotatable bonds is 7. The van der Waals surface area contributed by atoms with Crippen LogP contribution >= 0.6 is 0 Å². The quantitative estimate of drug-likeness (QED) is 0.774. The maximum Gasteiger partial charge on any atom is 0.254 e. The summed E-state index contributed by atoms with van der Waals surface area (Å²) in [4.78, 5) is 27.5. The van der Waals surface area contributed by atoms with Crippen molar-refractivity contribution in [3.05, 3.63) is 48.0 Å². The number of ether oxygens (including phenoxy) is 3. The van der Waals surface area contributed by atoms with Gasteiger partial charge in [0.15, 0.2) is 11.5 Å². The lowest BCUT2D eigenvalue weighted by Gasteiger charge is -2.24. The Morgan fingerprint density at radius 2 is 1.83 bits per heavy atom. The maximum absolute atomic E-state index is 13.1. The molecular formula is C22H26N2O5. The summed E-state index contributed by atoms with van der Waals surface area (Å²) in [5, 5.41) is 2.89. The van der Waals surface area contributed by atoms with Gasteiger partial charge in [-0.25, -0.2) is 0 Å². The first-order valence-electron chi connectivity index (χ1n) is 9.64. The summed E-state index contributed by atoms with van der Waals surface area (Å²) in [6.45, 7) is 2.92. The zero-order valence-electron chi connectivity index (χ0n) is 16.9. The zero-order chi connectivity index (χ0) is 20.8. The minimum absolute atomic E-state index is 0.195. The summed E-state index contributed by atoms with van der Waals surface area (Å²) in [6, 6.07) is 11.7. The SMILES string of the molecule is CCOc1ccc(C(=O)N2CCCC2C(=O)Nc2ccc(OC)cc2)cc1OC. The lowest BCUT2D eigenvalue weighted by Crippen LogP contribution is -2.43. The molecule has 1 atom stereocenters. The molecule has 1 fully saturated rings. The van der Waals surface area contributed by atoms with E-state index in [4.69, 9.17) is 14.2 Å². The summed E-state index contributed by atoms with van der Waals surface area (Å²) in [5.74, 6) is 1.40. The minimum Gasteiger partial charge on any atom is -0.497 e. The molecule has 29 heavy (non-hydrogen) atoms. The summed E-state index contributed by atoms with van der Waals surface area (Å²) >= 11 is 0. The predicted molar refractivity (Wildman–Crippen MR) is 110 cm³/mol. The molecule has 1 heterocycles. The smallest absolute Gasteiger partial charge is 0.254 e. The molecule has 2 aromatic rings. The lowest BCUT2D eigenvalue weighted by atomic mass is 10.1. The fraction of sp³-hybridized carbons (Fsp3) is 0.364. The van der Waals surface area contributed by atoms with Crippen molar-refractivity contribution in [1.82, 2.24) is 4.90 Å². The molecule has 1 saturated heterocycles. The Kier molecular flexibility index (Phi) is 6.59. The summed E-state index contributed by atoms with van der Waals surface area (Å²) in [5.41, 5.74) is 1.13. The number of amides is 2. The highest BCUT2D eigenvalue weighted by atomic mass is 16.5. The predicted octanol–water partition coefficient (Wildman–Crippen LogP) is 3.35. The highest BCUT2D eigenvalue weighted by molar-refractivity contribution is 6.01. The van der Waals surface area contributed by atoms with Gasteiger partial charge in [0, 0.05) is 17.8 Å². The molecule has 1 unspecified atom stereocenters. The molecule has 1 N–H and O–H groups in total. The van der Waals surface area contributed by atoms with E-state index in [1.807, 2.05) is 6.92 Å². The van der Waals surface area contributed by atoms with Crippen LogP contribution < -0.4 is 19.5 Å². The van der Waals surface area contributed by atoms with E-state index in [2.05, 4.69) is 5.32 Å². The van der Waals surface area contributed by atoms with Crippen LogP contribution in [0.5, 0.6) is 17.2 Å². The number of likely N-dealkylation sites (tertiary alicyclic amines) is 1. The second-order valence-electron chi connectivity index (χ2n) is 6.67. The fourth-order valence-corrected chi connectivity index (χ4v) is 3.42. The first kappa shape index (κ1) is 20.5. The van der Waals surface area contributed by atoms with Crippen LogP contribution in [0, 0.1) is 0 Å². The zero-order valence-corrected chi connectivity index (χ0v) is 16.9. The number of hydrogen-bond acceptors (Lipinski definition) is 5. The van der Waals surface area contributed by atoms with Gasteiger partial charge in [0.1, 0.15) is 11.8 Å². The number of benzene rings is 2. The van der Waals surface area contributed by atoms with E-state index in [9.17, 15) is 9.59 Å². The molecule has 0 aliphatic carbocycles. The van der Waals surface area contributed by atoms with E-state index in [0.29, 0.717) is 48.1 Å². The number of nitrogens with zero attached hydrogens (tertiary/aromatic N) is 1. The van der Waals surface area contributed by atoms with Crippen molar-refractivity contribution < 1.29 is 23.8 Å². The standard InChI is InChI=1S/C22H26N2O5/c1-4-29-19-12-7-15(14-20(19)28-3)22(26)24-13-5-6-18(24)21(25)23-16-8-10-17(27-2)11-9-16/h7-12,14,18H,4-6,13H2,1-3H3,(H,23,25). The van der Waals surface area contributed by atoms with Crippen molar-refractivity contribution >= 4 is 17.5 Å². The molecule has 0 spiro atoms. The van der Waals surface area contributed by atoms with Crippen LogP contribution in [0.25, 0.3) is 0 Å². The molecule has 0 aromatic heterocycles. The number of carbonyl (C=O) groups excluding carboxylic acids is 2. The number of anilines is 1. The Labute approximate surface area is 170 Å². The van der Waals surface area contributed by atoms with Gasteiger partial charge in [-0.05, 0) is 62.2 Å². The van der Waals surface area contributed by atoms with Crippen molar-refractivity contribution in [2.24, 2.45) is 0 Å². The van der Waals surface area contributed by atoms with Gasteiger partial charge in [-0.3, -0.25) is 9.59 Å². The van der Waals surface area contributed by atoms with Gasteiger partial charge in [-0.2, -0.15) is 0 Å². The van der Waals surface area contributed by atoms with Gasteiger partial charge in [-0.1, -0.05) is 0 Å². The van der Waals surface area contributed by atoms with E-state index in [1.165, 1.54) is 7.11 Å². The van der Waals surface area contributed by atoms with Crippen molar-refractivity contribution in [3.8, 4) is 17.2 Å². The fourth-order valence-electron chi connectivity index (χ4n) is 3.42. The van der Waals surface area contributed by atoms with Crippen LogP contribution in [0.2, 0.25) is 0 Å². The molecule has 154 valence electrons. The van der Waals surface area contributed by atoms with Gasteiger partial charge in [0.05, 0.1) is 20.8 Å². The van der Waals surface area contributed by atoms with Crippen LogP contribution in [0.3, 0.4) is 0 Å². The van der Waals surface area contributed by atoms with Crippen molar-refractivity contribution in [2.75, 3.05) is 32.7 Å². The normalized spacial score (nSPS) is 15.7. The molecule has 1 aliphatic heterocycles. The van der Waals surface area contributed by atoms with Gasteiger partial charge < -0.3 is 24.4 Å². The van der Waals surface area contributed by atoms with Gasteiger partial charge in [0.2, 0.25) is 5.91 Å². The highest BCUT2D eigenvalue weighted by Crippen LogP contribution is 2.30. The second-order valence-corrected chi connectivity index (χ2v) is 6.67. The number of methoxy groups -OCH3 is 2. The number of hydrogen-bond donors (Lipinski definition) is 1. The Balaban J connectivity index is 1.73. The average Bonchev–Trinajstić information content (AvgIpc) is 3.24. The van der Waals surface area contributed by atoms with E-state index in [1.54, 1.807) is 54.5 Å². The molecule has 2 amide bonds. The summed E-state index contributed by atoms with van der Waals surface area (Å²) in [6.07, 6.45) is 1.41. The number of carbonyl (C=O) groups is 2. The van der Waals surface area contributed by atoms with E-state index in [-0.39, 0.29) is 11.8 Å². The van der Waals surface area contributed by atoms with Gasteiger partial charge in [0.25, 0.3) is 5.91 Å². The largest absolute Gasteiger partial charge is 0.497 e. The third-order valence-electron chi connectivity index (χ3n) is 4.88. The first-order valence-corrected chi connectivity index (χ1v) is 9.64. The third-order valence-corrected chi connectivity index (χ3v) is 4.88. The number of nitrogens with one attached hydrogen (secondary N) is 1. The van der Waals surface area contributed by atoms with Gasteiger partial charge >= 0.3 is 0 Å². The Morgan fingerprint density at radius 3 is 2.48 bits per heavy atom. The van der Waals surface area contributed by atoms with E-state index >= 15 is 0 Å². The third kappa shape index (κ3) is 4.62. The molecule has 2 aromatic carbocycles. The molecular weight excluding hydrogens is 372 g/mol. The molecule has 3 rings (SSSR count).